The summed E-state index contributed by atoms with van der Waals surface area (Å²) < 4.78 is 15.2. The second kappa shape index (κ2) is 5.03. The van der Waals surface area contributed by atoms with E-state index in [1.165, 1.54) is 6.07 Å². The first-order valence-corrected chi connectivity index (χ1v) is 6.35. The number of hydrazine groups is 1. The molecule has 1 unspecified atom stereocenters. The van der Waals surface area contributed by atoms with Gasteiger partial charge in [-0.25, -0.2) is 14.3 Å². The lowest BCUT2D eigenvalue weighted by Crippen LogP contribution is -2.28. The topological polar surface area (TPSA) is 55.3 Å². The molecule has 2 heterocycles. The van der Waals surface area contributed by atoms with Crippen molar-refractivity contribution in [2.45, 2.75) is 13.0 Å². The third kappa shape index (κ3) is 2.07. The molecular formula is C15H15FN4. The van der Waals surface area contributed by atoms with Crippen LogP contribution in [-0.4, -0.2) is 9.61 Å². The second-order valence-electron chi connectivity index (χ2n) is 4.74. The number of nitrogens with two attached hydrogens (primary N) is 1. The van der Waals surface area contributed by atoms with Crippen molar-refractivity contribution >= 4 is 5.52 Å². The van der Waals surface area contributed by atoms with Crippen LogP contribution in [0.25, 0.3) is 5.52 Å². The third-order valence-electron chi connectivity index (χ3n) is 3.45. The van der Waals surface area contributed by atoms with Crippen molar-refractivity contribution in [2.24, 2.45) is 5.84 Å². The molecule has 0 saturated carbocycles. The normalized spacial score (nSPS) is 12.8. The highest BCUT2D eigenvalue weighted by molar-refractivity contribution is 5.57. The van der Waals surface area contributed by atoms with Crippen molar-refractivity contribution in [1.29, 1.82) is 0 Å². The minimum absolute atomic E-state index is 0.218. The highest BCUT2D eigenvalue weighted by Gasteiger charge is 2.17. The Morgan fingerprint density at radius 3 is 2.90 bits per heavy atom. The monoisotopic (exact) mass is 270 g/mol. The van der Waals surface area contributed by atoms with E-state index in [-0.39, 0.29) is 11.9 Å². The van der Waals surface area contributed by atoms with Crippen LogP contribution < -0.4 is 11.3 Å². The van der Waals surface area contributed by atoms with Gasteiger partial charge < -0.3 is 0 Å². The molecule has 0 aliphatic carbocycles. The number of halogens is 1. The highest BCUT2D eigenvalue weighted by atomic mass is 19.1. The van der Waals surface area contributed by atoms with E-state index in [4.69, 9.17) is 5.84 Å². The molecule has 0 aliphatic heterocycles. The van der Waals surface area contributed by atoms with Crippen molar-refractivity contribution in [3.8, 4) is 0 Å². The number of aryl methyl sites for hydroxylation is 1. The van der Waals surface area contributed by atoms with E-state index in [2.05, 4.69) is 10.5 Å². The number of hydrogen-bond acceptors (Lipinski definition) is 3. The Labute approximate surface area is 116 Å². The van der Waals surface area contributed by atoms with Crippen molar-refractivity contribution in [1.82, 2.24) is 15.0 Å². The van der Waals surface area contributed by atoms with Gasteiger partial charge in [-0.3, -0.25) is 5.84 Å². The van der Waals surface area contributed by atoms with Crippen LogP contribution in [0.2, 0.25) is 0 Å². The maximum Gasteiger partial charge on any atom is 0.126 e. The predicted octanol–water partition coefficient (Wildman–Crippen LogP) is 2.33. The highest BCUT2D eigenvalue weighted by Crippen LogP contribution is 2.26. The number of nitrogens with zero attached hydrogens (tertiary/aromatic N) is 2. The molecule has 0 bridgehead atoms. The first kappa shape index (κ1) is 12.8. The molecule has 0 radical (unpaired) electrons. The average Bonchev–Trinajstić information content (AvgIpc) is 2.88. The zero-order valence-corrected chi connectivity index (χ0v) is 11.0. The largest absolute Gasteiger partial charge is 0.271 e. The molecule has 3 rings (SSSR count). The van der Waals surface area contributed by atoms with Gasteiger partial charge in [0.25, 0.3) is 0 Å². The predicted molar refractivity (Wildman–Crippen MR) is 75.5 cm³/mol. The van der Waals surface area contributed by atoms with Crippen LogP contribution in [0.3, 0.4) is 0 Å². The molecular weight excluding hydrogens is 255 g/mol. The molecule has 0 aliphatic rings. The van der Waals surface area contributed by atoms with Crippen LogP contribution >= 0.6 is 0 Å². The van der Waals surface area contributed by atoms with Gasteiger partial charge in [-0.1, -0.05) is 18.2 Å². The lowest BCUT2D eigenvalue weighted by Gasteiger charge is -2.16. The minimum Gasteiger partial charge on any atom is -0.271 e. The molecule has 1 aromatic carbocycles. The molecule has 0 amide bonds. The number of benzene rings is 1. The maximum atomic E-state index is 13.4. The molecule has 102 valence electrons. The zero-order valence-electron chi connectivity index (χ0n) is 11.0. The van der Waals surface area contributed by atoms with Crippen LogP contribution in [0.15, 0.2) is 48.8 Å². The van der Waals surface area contributed by atoms with Crippen LogP contribution in [0.4, 0.5) is 4.39 Å². The van der Waals surface area contributed by atoms with E-state index < -0.39 is 0 Å². The summed E-state index contributed by atoms with van der Waals surface area (Å²) in [5.74, 6) is 5.48. The van der Waals surface area contributed by atoms with E-state index in [0.29, 0.717) is 5.56 Å². The summed E-state index contributed by atoms with van der Waals surface area (Å²) in [6, 6.07) is 10.6. The summed E-state index contributed by atoms with van der Waals surface area (Å²) in [5, 5.41) is 4.30. The van der Waals surface area contributed by atoms with Crippen molar-refractivity contribution < 1.29 is 4.39 Å². The number of hydrogen-bond donors (Lipinski definition) is 2. The Hall–Kier alpha value is -2.24. The van der Waals surface area contributed by atoms with Gasteiger partial charge in [0.1, 0.15) is 5.82 Å². The second-order valence-corrected chi connectivity index (χ2v) is 4.74. The third-order valence-corrected chi connectivity index (χ3v) is 3.45. The van der Waals surface area contributed by atoms with E-state index in [9.17, 15) is 4.39 Å². The summed E-state index contributed by atoms with van der Waals surface area (Å²) in [4.78, 5) is 0. The number of rotatable bonds is 3. The van der Waals surface area contributed by atoms with E-state index >= 15 is 0 Å². The van der Waals surface area contributed by atoms with Gasteiger partial charge in [-0.05, 0) is 36.2 Å². The van der Waals surface area contributed by atoms with Crippen LogP contribution in [0, 0.1) is 12.7 Å². The number of aromatic nitrogens is 2. The first-order chi connectivity index (χ1) is 9.70. The van der Waals surface area contributed by atoms with Crippen LogP contribution in [0.5, 0.6) is 0 Å². The summed E-state index contributed by atoms with van der Waals surface area (Å²) in [7, 11) is 0. The number of nitrogens with one attached hydrogen (secondary N) is 1. The SMILES string of the molecule is Cc1cc(C(NN)c2cnn3ccccc23)ccc1F. The standard InChI is InChI=1S/C15H15FN4/c1-10-8-11(5-6-13(10)16)15(19-17)12-9-18-20-7-3-2-4-14(12)20/h2-9,15,19H,17H2,1H3. The van der Waals surface area contributed by atoms with Crippen molar-refractivity contribution in [3.63, 3.8) is 0 Å². The van der Waals surface area contributed by atoms with Crippen LogP contribution in [0.1, 0.15) is 22.7 Å². The zero-order chi connectivity index (χ0) is 14.1. The van der Waals surface area contributed by atoms with Gasteiger partial charge in [0.15, 0.2) is 0 Å². The van der Waals surface area contributed by atoms with E-state index in [0.717, 1.165) is 16.6 Å². The van der Waals surface area contributed by atoms with Gasteiger partial charge >= 0.3 is 0 Å². The summed E-state index contributed by atoms with van der Waals surface area (Å²) in [6.45, 7) is 1.74. The van der Waals surface area contributed by atoms with E-state index in [1.807, 2.05) is 24.4 Å². The molecule has 0 fully saturated rings. The average molecular weight is 270 g/mol. The van der Waals surface area contributed by atoms with E-state index in [1.54, 1.807) is 29.8 Å². The summed E-state index contributed by atoms with van der Waals surface area (Å²) in [5.41, 5.74) is 6.22. The van der Waals surface area contributed by atoms with Gasteiger partial charge in [0.05, 0.1) is 17.8 Å². The lowest BCUT2D eigenvalue weighted by molar-refractivity contribution is 0.608. The molecule has 0 spiro atoms. The van der Waals surface area contributed by atoms with Crippen LogP contribution in [-0.2, 0) is 0 Å². The maximum absolute atomic E-state index is 13.4. The smallest absolute Gasteiger partial charge is 0.126 e. The Bertz CT molecular complexity index is 750. The Kier molecular flexibility index (Phi) is 3.22. The molecule has 3 N–H and O–H groups in total. The Balaban J connectivity index is 2.11. The molecule has 1 atom stereocenters. The van der Waals surface area contributed by atoms with Gasteiger partial charge in [-0.2, -0.15) is 5.10 Å². The minimum atomic E-state index is -0.228. The number of fused-ring (bicyclic) bond motifs is 1. The Morgan fingerprint density at radius 1 is 1.30 bits per heavy atom. The molecule has 20 heavy (non-hydrogen) atoms. The lowest BCUT2D eigenvalue weighted by atomic mass is 9.99. The molecule has 0 saturated heterocycles. The molecule has 5 heteroatoms. The molecule has 2 aromatic heterocycles. The summed E-state index contributed by atoms with van der Waals surface area (Å²) in [6.07, 6.45) is 3.65. The van der Waals surface area contributed by atoms with Crippen molar-refractivity contribution in [2.75, 3.05) is 0 Å². The fraction of sp³-hybridized carbons (Fsp3) is 0.133. The van der Waals surface area contributed by atoms with Gasteiger partial charge in [0.2, 0.25) is 0 Å². The molecule has 3 aromatic rings. The Morgan fingerprint density at radius 2 is 2.15 bits per heavy atom. The van der Waals surface area contributed by atoms with Gasteiger partial charge in [-0.15, -0.1) is 0 Å². The van der Waals surface area contributed by atoms with Gasteiger partial charge in [0, 0.05) is 11.8 Å². The van der Waals surface area contributed by atoms with Crippen molar-refractivity contribution in [3.05, 3.63) is 71.3 Å². The fourth-order valence-electron chi connectivity index (χ4n) is 2.39. The fourth-order valence-corrected chi connectivity index (χ4v) is 2.39. The molecule has 4 nitrogen and oxygen atoms in total. The summed E-state index contributed by atoms with van der Waals surface area (Å²) >= 11 is 0. The first-order valence-electron chi connectivity index (χ1n) is 6.35. The number of pyridine rings is 1. The quantitative estimate of drug-likeness (QED) is 0.567.